The Balaban J connectivity index is 2.29. The Hall–Kier alpha value is -3.67. The molecule has 0 saturated carbocycles. The zero-order valence-corrected chi connectivity index (χ0v) is 20.3. The van der Waals surface area contributed by atoms with Crippen LogP contribution in [0.5, 0.6) is 23.0 Å². The normalized spacial score (nSPS) is 11.7. The monoisotopic (exact) mass is 464 g/mol. The summed E-state index contributed by atoms with van der Waals surface area (Å²) in [4.78, 5) is 13.5. The van der Waals surface area contributed by atoms with Gasteiger partial charge in [-0.1, -0.05) is 34.9 Å². The molecule has 180 valence electrons. The van der Waals surface area contributed by atoms with Crippen molar-refractivity contribution in [3.63, 3.8) is 0 Å². The number of allylic oxidation sites excluding steroid dienone is 6. The molecule has 0 spiro atoms. The van der Waals surface area contributed by atoms with E-state index >= 15 is 0 Å². The van der Waals surface area contributed by atoms with Crippen LogP contribution >= 0.6 is 0 Å². The number of aromatic hydroxyl groups is 4. The maximum Gasteiger partial charge on any atom is 0.204 e. The maximum absolute atomic E-state index is 13.5. The number of hydrogen-bond donors (Lipinski definition) is 4. The van der Waals surface area contributed by atoms with Gasteiger partial charge in [0.15, 0.2) is 11.5 Å². The molecule has 2 aromatic carbocycles. The topological polar surface area (TPSA) is 111 Å². The lowest BCUT2D eigenvalue weighted by atomic mass is 9.95. The van der Waals surface area contributed by atoms with Gasteiger partial charge in [-0.15, -0.1) is 0 Å². The van der Waals surface area contributed by atoms with E-state index < -0.39 is 11.2 Å². The fourth-order valence-corrected chi connectivity index (χ4v) is 3.94. The Bertz CT molecular complexity index is 1390. The lowest BCUT2D eigenvalue weighted by molar-refractivity contribution is 0.397. The molecule has 6 nitrogen and oxygen atoms in total. The summed E-state index contributed by atoms with van der Waals surface area (Å²) in [5.41, 5.74) is 3.41. The van der Waals surface area contributed by atoms with Crippen LogP contribution in [0.15, 0.2) is 56.3 Å². The van der Waals surface area contributed by atoms with Gasteiger partial charge in [0.05, 0.1) is 5.39 Å². The Kier molecular flexibility index (Phi) is 7.40. The van der Waals surface area contributed by atoms with Crippen LogP contribution in [0.4, 0.5) is 0 Å². The molecule has 0 bridgehead atoms. The molecule has 34 heavy (non-hydrogen) atoms. The van der Waals surface area contributed by atoms with Crippen LogP contribution in [0.25, 0.3) is 21.9 Å². The molecule has 4 N–H and O–H groups in total. The van der Waals surface area contributed by atoms with E-state index in [-0.39, 0.29) is 63.2 Å². The molecule has 3 aromatic rings. The number of phenolic OH excluding ortho intramolecular Hbond substituents is 4. The van der Waals surface area contributed by atoms with Crippen LogP contribution in [0, 0.1) is 0 Å². The largest absolute Gasteiger partial charge is 0.508 e. The van der Waals surface area contributed by atoms with Gasteiger partial charge in [-0.3, -0.25) is 4.79 Å². The van der Waals surface area contributed by atoms with Crippen LogP contribution in [-0.4, -0.2) is 20.4 Å². The maximum atomic E-state index is 13.5. The van der Waals surface area contributed by atoms with Crippen LogP contribution in [0.1, 0.15) is 58.6 Å². The molecular formula is C28H32O6. The van der Waals surface area contributed by atoms with Crippen LogP contribution in [-0.2, 0) is 12.8 Å². The first kappa shape index (κ1) is 25.0. The minimum atomic E-state index is -0.535. The zero-order valence-electron chi connectivity index (χ0n) is 20.3. The lowest BCUT2D eigenvalue weighted by Gasteiger charge is -2.15. The lowest BCUT2D eigenvalue weighted by Crippen LogP contribution is -2.08. The Morgan fingerprint density at radius 1 is 0.824 bits per heavy atom. The highest BCUT2D eigenvalue weighted by Gasteiger charge is 2.24. The predicted molar refractivity (Wildman–Crippen MR) is 136 cm³/mol. The first-order chi connectivity index (χ1) is 16.0. The minimum Gasteiger partial charge on any atom is -0.508 e. The number of fused-ring (bicyclic) bond motifs is 2. The van der Waals surface area contributed by atoms with Gasteiger partial charge < -0.3 is 24.8 Å². The predicted octanol–water partition coefficient (Wildman–Crippen LogP) is 6.51. The van der Waals surface area contributed by atoms with E-state index in [9.17, 15) is 25.2 Å². The van der Waals surface area contributed by atoms with E-state index in [0.717, 1.165) is 30.1 Å². The van der Waals surface area contributed by atoms with E-state index in [4.69, 9.17) is 4.42 Å². The molecule has 0 fully saturated rings. The van der Waals surface area contributed by atoms with E-state index in [0.29, 0.717) is 0 Å². The summed E-state index contributed by atoms with van der Waals surface area (Å²) >= 11 is 0. The van der Waals surface area contributed by atoms with Gasteiger partial charge in [0.1, 0.15) is 28.1 Å². The Morgan fingerprint density at radius 2 is 1.44 bits per heavy atom. The third-order valence-corrected chi connectivity index (χ3v) is 5.79. The van der Waals surface area contributed by atoms with Gasteiger partial charge in [0, 0.05) is 23.3 Å². The first-order valence-electron chi connectivity index (χ1n) is 11.3. The molecule has 1 heterocycles. The molecule has 0 radical (unpaired) electrons. The van der Waals surface area contributed by atoms with E-state index in [1.807, 2.05) is 46.8 Å². The second kappa shape index (κ2) is 10.1. The average molecular weight is 465 g/mol. The molecule has 1 aromatic heterocycles. The number of hydrogen-bond acceptors (Lipinski definition) is 6. The molecule has 0 atom stereocenters. The standard InChI is InChI=1S/C28H32O6/c1-15(2)7-6-8-17(5)10-12-20-26(32)25(31)19(11-9-16(3)4)23-27(33)24-21(30)13-18(29)14-22(24)34-28(20)23/h7,9-10,13-14,29-32H,6,8,11-12H2,1-5H3. The van der Waals surface area contributed by atoms with Crippen molar-refractivity contribution >= 4 is 21.9 Å². The molecule has 0 aliphatic carbocycles. The Labute approximate surface area is 198 Å². The second-order valence-electron chi connectivity index (χ2n) is 9.19. The SMILES string of the molecule is CC(C)=CCCC(C)=CCc1c(O)c(O)c(CC=C(C)C)c2c(=O)c3c(O)cc(O)cc3oc12. The van der Waals surface area contributed by atoms with Gasteiger partial charge in [-0.2, -0.15) is 0 Å². The molecule has 0 saturated heterocycles. The summed E-state index contributed by atoms with van der Waals surface area (Å²) in [6.07, 6.45) is 8.08. The first-order valence-corrected chi connectivity index (χ1v) is 11.3. The minimum absolute atomic E-state index is 0.00114. The number of phenols is 4. The highest BCUT2D eigenvalue weighted by molar-refractivity contribution is 5.98. The third kappa shape index (κ3) is 5.11. The smallest absolute Gasteiger partial charge is 0.204 e. The van der Waals surface area contributed by atoms with Crippen LogP contribution < -0.4 is 5.43 Å². The summed E-state index contributed by atoms with van der Waals surface area (Å²) in [6, 6.07) is 2.32. The highest BCUT2D eigenvalue weighted by atomic mass is 16.3. The molecular weight excluding hydrogens is 432 g/mol. The quantitative estimate of drug-likeness (QED) is 0.180. The van der Waals surface area contributed by atoms with Crippen molar-refractivity contribution in [2.45, 2.75) is 60.3 Å². The Morgan fingerprint density at radius 3 is 2.09 bits per heavy atom. The van der Waals surface area contributed by atoms with Crippen molar-refractivity contribution in [1.29, 1.82) is 0 Å². The summed E-state index contributed by atoms with van der Waals surface area (Å²) in [7, 11) is 0. The van der Waals surface area contributed by atoms with Gasteiger partial charge in [-0.25, -0.2) is 0 Å². The fraction of sp³-hybridized carbons (Fsp3) is 0.321. The number of benzene rings is 2. The van der Waals surface area contributed by atoms with Crippen molar-refractivity contribution in [2.75, 3.05) is 0 Å². The van der Waals surface area contributed by atoms with Crippen molar-refractivity contribution in [1.82, 2.24) is 0 Å². The fourth-order valence-electron chi connectivity index (χ4n) is 3.94. The average Bonchev–Trinajstić information content (AvgIpc) is 2.73. The van der Waals surface area contributed by atoms with Crippen molar-refractivity contribution in [3.05, 3.63) is 68.4 Å². The molecule has 0 aliphatic rings. The van der Waals surface area contributed by atoms with Crippen molar-refractivity contribution < 1.29 is 24.8 Å². The highest BCUT2D eigenvalue weighted by Crippen LogP contribution is 2.42. The van der Waals surface area contributed by atoms with E-state index in [1.54, 1.807) is 0 Å². The van der Waals surface area contributed by atoms with Gasteiger partial charge in [0.2, 0.25) is 5.43 Å². The third-order valence-electron chi connectivity index (χ3n) is 5.79. The van der Waals surface area contributed by atoms with Gasteiger partial charge >= 0.3 is 0 Å². The number of rotatable bonds is 7. The summed E-state index contributed by atoms with van der Waals surface area (Å²) in [5, 5.41) is 42.0. The zero-order chi connectivity index (χ0) is 25.2. The summed E-state index contributed by atoms with van der Waals surface area (Å²) in [6.45, 7) is 9.86. The van der Waals surface area contributed by atoms with Crippen molar-refractivity contribution in [2.24, 2.45) is 0 Å². The van der Waals surface area contributed by atoms with Crippen LogP contribution in [0.3, 0.4) is 0 Å². The van der Waals surface area contributed by atoms with Crippen LogP contribution in [0.2, 0.25) is 0 Å². The van der Waals surface area contributed by atoms with E-state index in [2.05, 4.69) is 6.08 Å². The van der Waals surface area contributed by atoms with Crippen molar-refractivity contribution in [3.8, 4) is 23.0 Å². The van der Waals surface area contributed by atoms with Gasteiger partial charge in [-0.05, 0) is 60.3 Å². The summed E-state index contributed by atoms with van der Waals surface area (Å²) < 4.78 is 6.00. The molecule has 0 unspecified atom stereocenters. The van der Waals surface area contributed by atoms with Gasteiger partial charge in [0.25, 0.3) is 0 Å². The second-order valence-corrected chi connectivity index (χ2v) is 9.19. The molecule has 6 heteroatoms. The molecule has 3 rings (SSSR count). The van der Waals surface area contributed by atoms with E-state index in [1.165, 1.54) is 11.6 Å². The molecule has 0 amide bonds. The summed E-state index contributed by atoms with van der Waals surface area (Å²) in [5.74, 6) is -1.38. The molecule has 0 aliphatic heterocycles.